The molecule has 0 unspecified atom stereocenters. The van der Waals surface area contributed by atoms with Crippen molar-refractivity contribution in [2.75, 3.05) is 13.2 Å². The molecule has 0 saturated carbocycles. The molecule has 3 aromatic carbocycles. The molecular weight excluding hydrogens is 472 g/mol. The lowest BCUT2D eigenvalue weighted by Crippen LogP contribution is -2.48. The molecule has 0 bridgehead atoms. The van der Waals surface area contributed by atoms with Crippen molar-refractivity contribution >= 4 is 11.9 Å². The van der Waals surface area contributed by atoms with Gasteiger partial charge in [0.1, 0.15) is 6.10 Å². The zero-order chi connectivity index (χ0) is 26.3. The highest BCUT2D eigenvalue weighted by atomic mass is 16.6. The molecule has 0 aliphatic rings. The van der Waals surface area contributed by atoms with Crippen molar-refractivity contribution in [2.45, 2.75) is 52.0 Å². The van der Waals surface area contributed by atoms with Gasteiger partial charge in [0.05, 0.1) is 33.0 Å². The Labute approximate surface area is 218 Å². The smallest absolute Gasteiger partial charge is 0.303 e. The van der Waals surface area contributed by atoms with E-state index in [9.17, 15) is 9.59 Å². The number of rotatable bonds is 15. The van der Waals surface area contributed by atoms with Crippen molar-refractivity contribution in [3.63, 3.8) is 0 Å². The third-order valence-electron chi connectivity index (χ3n) is 5.45. The van der Waals surface area contributed by atoms with E-state index >= 15 is 0 Å². The molecule has 3 atom stereocenters. The molecule has 0 spiro atoms. The van der Waals surface area contributed by atoms with E-state index in [1.54, 1.807) is 0 Å². The van der Waals surface area contributed by atoms with Crippen LogP contribution in [0.3, 0.4) is 0 Å². The predicted octanol–water partition coefficient (Wildman–Crippen LogP) is 4.87. The summed E-state index contributed by atoms with van der Waals surface area (Å²) in [5.74, 6) is -1.04. The van der Waals surface area contributed by atoms with Crippen LogP contribution < -0.4 is 0 Å². The maximum Gasteiger partial charge on any atom is 0.303 e. The summed E-state index contributed by atoms with van der Waals surface area (Å²) in [7, 11) is 0. The quantitative estimate of drug-likeness (QED) is 0.272. The number of carbonyl (C=O) groups excluding carboxylic acids is 2. The third-order valence-corrected chi connectivity index (χ3v) is 5.45. The average molecular weight is 507 g/mol. The third kappa shape index (κ3) is 10.6. The molecule has 0 aliphatic heterocycles. The highest BCUT2D eigenvalue weighted by Gasteiger charge is 2.36. The minimum absolute atomic E-state index is 0.0102. The maximum absolute atomic E-state index is 12.1. The Morgan fingerprint density at radius 1 is 0.568 bits per heavy atom. The minimum atomic E-state index is -0.948. The number of hydrogen-bond donors (Lipinski definition) is 0. The largest absolute Gasteiger partial charge is 0.456 e. The zero-order valence-corrected chi connectivity index (χ0v) is 21.3. The number of ether oxygens (including phenoxy) is 5. The first-order valence-electron chi connectivity index (χ1n) is 12.2. The Bertz CT molecular complexity index is 1060. The van der Waals surface area contributed by atoms with Gasteiger partial charge in [0.15, 0.2) is 12.2 Å². The summed E-state index contributed by atoms with van der Waals surface area (Å²) in [5, 5.41) is 0. The van der Waals surface area contributed by atoms with Crippen LogP contribution in [0.5, 0.6) is 0 Å². The molecule has 0 aliphatic carbocycles. The van der Waals surface area contributed by atoms with Crippen molar-refractivity contribution in [1.29, 1.82) is 0 Å². The molecule has 3 rings (SSSR count). The zero-order valence-electron chi connectivity index (χ0n) is 21.3. The fourth-order valence-electron chi connectivity index (χ4n) is 3.74. The fourth-order valence-corrected chi connectivity index (χ4v) is 3.74. The van der Waals surface area contributed by atoms with Crippen molar-refractivity contribution in [1.82, 2.24) is 0 Å². The summed E-state index contributed by atoms with van der Waals surface area (Å²) >= 11 is 0. The second-order valence-electron chi connectivity index (χ2n) is 8.56. The minimum Gasteiger partial charge on any atom is -0.456 e. The second-order valence-corrected chi connectivity index (χ2v) is 8.56. The van der Waals surface area contributed by atoms with Crippen LogP contribution >= 0.6 is 0 Å². The van der Waals surface area contributed by atoms with Crippen LogP contribution in [-0.4, -0.2) is 43.5 Å². The molecule has 7 nitrogen and oxygen atoms in total. The molecule has 7 heteroatoms. The summed E-state index contributed by atoms with van der Waals surface area (Å²) in [6.07, 6.45) is -2.57. The summed E-state index contributed by atoms with van der Waals surface area (Å²) in [4.78, 5) is 24.1. The number of carbonyl (C=O) groups is 2. The van der Waals surface area contributed by atoms with Gasteiger partial charge >= 0.3 is 11.9 Å². The molecule has 196 valence electrons. The van der Waals surface area contributed by atoms with Gasteiger partial charge in [-0.25, -0.2) is 0 Å². The summed E-state index contributed by atoms with van der Waals surface area (Å²) in [6, 6.07) is 29.0. The van der Waals surface area contributed by atoms with Crippen LogP contribution in [0.1, 0.15) is 30.5 Å². The van der Waals surface area contributed by atoms with E-state index in [1.807, 2.05) is 91.0 Å². The summed E-state index contributed by atoms with van der Waals surface area (Å²) < 4.78 is 29.3. The van der Waals surface area contributed by atoms with Gasteiger partial charge in [-0.05, 0) is 16.7 Å². The summed E-state index contributed by atoms with van der Waals surface area (Å²) in [5.41, 5.74) is 2.91. The molecule has 3 aromatic rings. The van der Waals surface area contributed by atoms with Crippen LogP contribution in [0.15, 0.2) is 91.0 Å². The van der Waals surface area contributed by atoms with Gasteiger partial charge in [-0.2, -0.15) is 0 Å². The monoisotopic (exact) mass is 506 g/mol. The predicted molar refractivity (Wildman–Crippen MR) is 138 cm³/mol. The Morgan fingerprint density at radius 3 is 1.41 bits per heavy atom. The van der Waals surface area contributed by atoms with E-state index < -0.39 is 30.3 Å². The normalized spacial score (nSPS) is 13.4. The molecule has 0 amide bonds. The molecule has 0 aromatic heterocycles. The Hall–Kier alpha value is -3.52. The van der Waals surface area contributed by atoms with E-state index in [0.717, 1.165) is 16.7 Å². The first-order chi connectivity index (χ1) is 18.0. The van der Waals surface area contributed by atoms with Gasteiger partial charge in [-0.3, -0.25) is 9.59 Å². The van der Waals surface area contributed by atoms with Gasteiger partial charge in [0.2, 0.25) is 0 Å². The van der Waals surface area contributed by atoms with Gasteiger partial charge in [-0.1, -0.05) is 91.0 Å². The van der Waals surface area contributed by atoms with E-state index in [1.165, 1.54) is 13.8 Å². The first-order valence-corrected chi connectivity index (χ1v) is 12.2. The second kappa shape index (κ2) is 15.6. The first kappa shape index (κ1) is 28.1. The van der Waals surface area contributed by atoms with E-state index in [4.69, 9.17) is 23.7 Å². The fraction of sp³-hybridized carbons (Fsp3) is 0.333. The van der Waals surface area contributed by atoms with E-state index in [-0.39, 0.29) is 19.8 Å². The lowest BCUT2D eigenvalue weighted by Gasteiger charge is -2.32. The van der Waals surface area contributed by atoms with Crippen molar-refractivity contribution in [3.05, 3.63) is 108 Å². The van der Waals surface area contributed by atoms with Crippen LogP contribution in [-0.2, 0) is 53.1 Å². The van der Waals surface area contributed by atoms with E-state index in [0.29, 0.717) is 13.2 Å². The molecule has 37 heavy (non-hydrogen) atoms. The van der Waals surface area contributed by atoms with Gasteiger partial charge in [-0.15, -0.1) is 0 Å². The highest BCUT2D eigenvalue weighted by molar-refractivity contribution is 5.67. The Morgan fingerprint density at radius 2 is 0.973 bits per heavy atom. The Kier molecular flexibility index (Phi) is 11.8. The number of hydrogen-bond acceptors (Lipinski definition) is 7. The molecular formula is C30H34O7. The lowest BCUT2D eigenvalue weighted by molar-refractivity contribution is -0.191. The standard InChI is InChI=1S/C30H34O7/c1-23(31)36-29(22-34-19-26-14-8-4-9-15-26)30(37-24(2)32)28(35-20-27-16-10-5-11-17-27)21-33-18-25-12-6-3-7-13-25/h3-17,28-30H,18-22H2,1-2H3/t28-,29+,30+/m0/s1. The van der Waals surface area contributed by atoms with Crippen molar-refractivity contribution in [3.8, 4) is 0 Å². The molecule has 0 saturated heterocycles. The Balaban J connectivity index is 1.76. The van der Waals surface area contributed by atoms with E-state index in [2.05, 4.69) is 0 Å². The molecule has 0 fully saturated rings. The van der Waals surface area contributed by atoms with Crippen LogP contribution in [0.2, 0.25) is 0 Å². The number of esters is 2. The topological polar surface area (TPSA) is 80.3 Å². The van der Waals surface area contributed by atoms with Crippen LogP contribution in [0, 0.1) is 0 Å². The number of benzene rings is 3. The maximum atomic E-state index is 12.1. The SMILES string of the molecule is CC(=O)O[C@H]([C@H](COCc1ccccc1)OCc1ccccc1)[C@@H](COCc1ccccc1)OC(C)=O. The lowest BCUT2D eigenvalue weighted by atomic mass is 10.1. The summed E-state index contributed by atoms with van der Waals surface area (Å²) in [6.45, 7) is 3.65. The highest BCUT2D eigenvalue weighted by Crippen LogP contribution is 2.18. The van der Waals surface area contributed by atoms with Gasteiger partial charge in [0.25, 0.3) is 0 Å². The van der Waals surface area contributed by atoms with Crippen molar-refractivity contribution in [2.24, 2.45) is 0 Å². The molecule has 0 heterocycles. The average Bonchev–Trinajstić information content (AvgIpc) is 2.90. The van der Waals surface area contributed by atoms with Crippen LogP contribution in [0.25, 0.3) is 0 Å². The van der Waals surface area contributed by atoms with Crippen molar-refractivity contribution < 1.29 is 33.3 Å². The molecule has 0 N–H and O–H groups in total. The van der Waals surface area contributed by atoms with Gasteiger partial charge in [0, 0.05) is 13.8 Å². The van der Waals surface area contributed by atoms with Crippen LogP contribution in [0.4, 0.5) is 0 Å². The van der Waals surface area contributed by atoms with Gasteiger partial charge < -0.3 is 23.7 Å². The molecule has 0 radical (unpaired) electrons.